The van der Waals surface area contributed by atoms with E-state index < -0.39 is 29.6 Å². The first-order valence-electron chi connectivity index (χ1n) is 9.29. The smallest absolute Gasteiger partial charge is 0.325 e. The number of nitrogens with one attached hydrogen (secondary N) is 2. The molecule has 150 valence electrons. The SMILES string of the molecule is CC(C)(C)OC(=O)[C@H](Cc1ccccc1)NN[C@@H](Cc1ccccc1)C(=O)O. The first kappa shape index (κ1) is 21.6. The molecule has 6 heteroatoms. The summed E-state index contributed by atoms with van der Waals surface area (Å²) in [4.78, 5) is 24.3. The zero-order valence-electron chi connectivity index (χ0n) is 16.5. The van der Waals surface area contributed by atoms with E-state index in [1.807, 2.05) is 60.7 Å². The summed E-state index contributed by atoms with van der Waals surface area (Å²) in [7, 11) is 0. The second-order valence-electron chi connectivity index (χ2n) is 7.65. The maximum Gasteiger partial charge on any atom is 0.325 e. The number of hydrogen-bond acceptors (Lipinski definition) is 5. The lowest BCUT2D eigenvalue weighted by atomic mass is 10.1. The first-order chi connectivity index (χ1) is 13.2. The van der Waals surface area contributed by atoms with Gasteiger partial charge in [0, 0.05) is 0 Å². The number of ether oxygens (including phenoxy) is 1. The molecule has 3 N–H and O–H groups in total. The molecule has 0 aliphatic heterocycles. The molecule has 0 saturated heterocycles. The fraction of sp³-hybridized carbons (Fsp3) is 0.364. The molecule has 0 spiro atoms. The Labute approximate surface area is 165 Å². The van der Waals surface area contributed by atoms with Crippen LogP contribution in [0, 0.1) is 0 Å². The van der Waals surface area contributed by atoms with Crippen molar-refractivity contribution in [2.75, 3.05) is 0 Å². The fourth-order valence-electron chi connectivity index (χ4n) is 2.67. The van der Waals surface area contributed by atoms with Crippen molar-refractivity contribution in [1.82, 2.24) is 10.9 Å². The Kier molecular flexibility index (Phi) is 7.72. The average Bonchev–Trinajstić information content (AvgIpc) is 2.64. The molecule has 0 amide bonds. The highest BCUT2D eigenvalue weighted by molar-refractivity contribution is 5.77. The number of hydrazine groups is 1. The van der Waals surface area contributed by atoms with Gasteiger partial charge >= 0.3 is 11.9 Å². The molecule has 2 rings (SSSR count). The van der Waals surface area contributed by atoms with E-state index in [1.54, 1.807) is 20.8 Å². The maximum atomic E-state index is 12.6. The van der Waals surface area contributed by atoms with Gasteiger partial charge in [-0.1, -0.05) is 60.7 Å². The summed E-state index contributed by atoms with van der Waals surface area (Å²) in [6, 6.07) is 17.2. The van der Waals surface area contributed by atoms with Gasteiger partial charge in [-0.15, -0.1) is 0 Å². The van der Waals surface area contributed by atoms with Crippen LogP contribution < -0.4 is 10.9 Å². The van der Waals surface area contributed by atoms with E-state index in [9.17, 15) is 14.7 Å². The lowest BCUT2D eigenvalue weighted by Crippen LogP contribution is -2.55. The number of rotatable bonds is 9. The maximum absolute atomic E-state index is 12.6. The number of aliphatic carboxylic acids is 1. The van der Waals surface area contributed by atoms with E-state index >= 15 is 0 Å². The highest BCUT2D eigenvalue weighted by Gasteiger charge is 2.27. The van der Waals surface area contributed by atoms with Crippen LogP contribution >= 0.6 is 0 Å². The van der Waals surface area contributed by atoms with Gasteiger partial charge in [-0.2, -0.15) is 0 Å². The van der Waals surface area contributed by atoms with Crippen LogP contribution in [-0.2, 0) is 27.2 Å². The van der Waals surface area contributed by atoms with Crippen LogP contribution in [-0.4, -0.2) is 34.7 Å². The predicted molar refractivity (Wildman–Crippen MR) is 108 cm³/mol. The van der Waals surface area contributed by atoms with Crippen LogP contribution in [0.3, 0.4) is 0 Å². The zero-order chi connectivity index (χ0) is 20.6. The van der Waals surface area contributed by atoms with Crippen molar-refractivity contribution in [3.63, 3.8) is 0 Å². The molecule has 0 fully saturated rings. The van der Waals surface area contributed by atoms with Crippen LogP contribution in [0.2, 0.25) is 0 Å². The molecule has 0 aromatic heterocycles. The summed E-state index contributed by atoms with van der Waals surface area (Å²) in [6.07, 6.45) is 0.663. The van der Waals surface area contributed by atoms with Crippen molar-refractivity contribution in [3.8, 4) is 0 Å². The minimum Gasteiger partial charge on any atom is -0.480 e. The predicted octanol–water partition coefficient (Wildman–Crippen LogP) is 2.73. The Morgan fingerprint density at radius 1 is 0.857 bits per heavy atom. The number of carboxylic acid groups (broad SMARTS) is 1. The Balaban J connectivity index is 2.08. The summed E-state index contributed by atoms with van der Waals surface area (Å²) in [5.74, 6) is -1.44. The summed E-state index contributed by atoms with van der Waals surface area (Å²) in [6.45, 7) is 5.40. The van der Waals surface area contributed by atoms with E-state index in [2.05, 4.69) is 10.9 Å². The molecule has 6 nitrogen and oxygen atoms in total. The van der Waals surface area contributed by atoms with E-state index in [-0.39, 0.29) is 6.42 Å². The van der Waals surface area contributed by atoms with Crippen molar-refractivity contribution in [2.45, 2.75) is 51.3 Å². The molecule has 0 bridgehead atoms. The van der Waals surface area contributed by atoms with E-state index in [0.717, 1.165) is 11.1 Å². The molecule has 0 saturated carbocycles. The Hall–Kier alpha value is -2.70. The van der Waals surface area contributed by atoms with Gasteiger partial charge in [-0.3, -0.25) is 9.59 Å². The number of benzene rings is 2. The summed E-state index contributed by atoms with van der Waals surface area (Å²) < 4.78 is 5.49. The van der Waals surface area contributed by atoms with Gasteiger partial charge in [0.25, 0.3) is 0 Å². The van der Waals surface area contributed by atoms with Gasteiger partial charge in [0.2, 0.25) is 0 Å². The van der Waals surface area contributed by atoms with Crippen LogP contribution in [0.4, 0.5) is 0 Å². The minimum absolute atomic E-state index is 0.287. The van der Waals surface area contributed by atoms with Gasteiger partial charge < -0.3 is 9.84 Å². The van der Waals surface area contributed by atoms with Crippen molar-refractivity contribution in [2.24, 2.45) is 0 Å². The number of hydrogen-bond donors (Lipinski definition) is 3. The van der Waals surface area contributed by atoms with Gasteiger partial charge in [0.15, 0.2) is 0 Å². The molecule has 0 aliphatic rings. The number of esters is 1. The van der Waals surface area contributed by atoms with Crippen molar-refractivity contribution in [1.29, 1.82) is 0 Å². The summed E-state index contributed by atoms with van der Waals surface area (Å²) in [5, 5.41) is 9.54. The molecule has 0 heterocycles. The van der Waals surface area contributed by atoms with Gasteiger partial charge in [-0.05, 0) is 44.7 Å². The number of carboxylic acids is 1. The van der Waals surface area contributed by atoms with Crippen molar-refractivity contribution in [3.05, 3.63) is 71.8 Å². The normalized spacial score (nSPS) is 13.5. The topological polar surface area (TPSA) is 87.7 Å². The third-order valence-corrected chi connectivity index (χ3v) is 3.99. The molecule has 28 heavy (non-hydrogen) atoms. The van der Waals surface area contributed by atoms with Gasteiger partial charge in [0.05, 0.1) is 0 Å². The standard InChI is InChI=1S/C22H28N2O4/c1-22(2,3)28-21(27)19(15-17-12-8-5-9-13-17)24-23-18(20(25)26)14-16-10-6-4-7-11-16/h4-13,18-19,23-24H,14-15H2,1-3H3,(H,25,26)/t18-,19-/m0/s1. The summed E-state index contributed by atoms with van der Waals surface area (Å²) in [5.41, 5.74) is 6.89. The van der Waals surface area contributed by atoms with E-state index in [1.165, 1.54) is 0 Å². The van der Waals surface area contributed by atoms with Crippen LogP contribution in [0.1, 0.15) is 31.9 Å². The largest absolute Gasteiger partial charge is 0.480 e. The quantitative estimate of drug-likeness (QED) is 0.455. The third kappa shape index (κ3) is 7.50. The fourth-order valence-corrected chi connectivity index (χ4v) is 2.67. The van der Waals surface area contributed by atoms with E-state index in [0.29, 0.717) is 6.42 Å². The highest BCUT2D eigenvalue weighted by Crippen LogP contribution is 2.11. The van der Waals surface area contributed by atoms with Crippen molar-refractivity contribution < 1.29 is 19.4 Å². The lowest BCUT2D eigenvalue weighted by Gasteiger charge is -2.26. The average molecular weight is 384 g/mol. The molecule has 0 aliphatic carbocycles. The molecular weight excluding hydrogens is 356 g/mol. The molecule has 0 unspecified atom stereocenters. The second kappa shape index (κ2) is 10.0. The zero-order valence-corrected chi connectivity index (χ0v) is 16.5. The van der Waals surface area contributed by atoms with Crippen LogP contribution in [0.5, 0.6) is 0 Å². The van der Waals surface area contributed by atoms with Crippen molar-refractivity contribution >= 4 is 11.9 Å². The molecular formula is C22H28N2O4. The number of carbonyl (C=O) groups excluding carboxylic acids is 1. The monoisotopic (exact) mass is 384 g/mol. The van der Waals surface area contributed by atoms with Gasteiger partial charge in [0.1, 0.15) is 17.7 Å². The molecule has 0 radical (unpaired) electrons. The van der Waals surface area contributed by atoms with Gasteiger partial charge in [-0.25, -0.2) is 10.9 Å². The first-order valence-corrected chi connectivity index (χ1v) is 9.29. The van der Waals surface area contributed by atoms with Crippen LogP contribution in [0.25, 0.3) is 0 Å². The molecule has 2 aromatic carbocycles. The van der Waals surface area contributed by atoms with E-state index in [4.69, 9.17) is 4.74 Å². The second-order valence-corrected chi connectivity index (χ2v) is 7.65. The summed E-state index contributed by atoms with van der Waals surface area (Å²) >= 11 is 0. The molecule has 2 atom stereocenters. The number of carbonyl (C=O) groups is 2. The minimum atomic E-state index is -1.00. The lowest BCUT2D eigenvalue weighted by molar-refractivity contribution is -0.158. The molecule has 2 aromatic rings. The Morgan fingerprint density at radius 3 is 1.71 bits per heavy atom. The van der Waals surface area contributed by atoms with Crippen LogP contribution in [0.15, 0.2) is 60.7 Å². The highest BCUT2D eigenvalue weighted by atomic mass is 16.6. The Bertz CT molecular complexity index is 757. The third-order valence-electron chi connectivity index (χ3n) is 3.99. The Morgan fingerprint density at radius 2 is 1.29 bits per heavy atom.